The molecule has 2 N–H and O–H groups in total. The molecule has 1 aliphatic heterocycles. The fraction of sp³-hybridized carbons (Fsp3) is 0.700. The lowest BCUT2D eigenvalue weighted by Gasteiger charge is -2.28. The minimum atomic E-state index is 0.0526. The van der Waals surface area contributed by atoms with E-state index in [1.807, 2.05) is 19.4 Å². The van der Waals surface area contributed by atoms with Gasteiger partial charge in [0.2, 0.25) is 0 Å². The lowest BCUT2D eigenvalue weighted by molar-refractivity contribution is 0.0352. The highest BCUT2D eigenvalue weighted by atomic mass is 16.5. The molecule has 1 aromatic heterocycles. The Morgan fingerprint density at radius 1 is 1.53 bits per heavy atom. The van der Waals surface area contributed by atoms with Crippen molar-refractivity contribution >= 4 is 0 Å². The summed E-state index contributed by atoms with van der Waals surface area (Å²) >= 11 is 0. The van der Waals surface area contributed by atoms with Crippen LogP contribution in [0.2, 0.25) is 0 Å². The van der Waals surface area contributed by atoms with Gasteiger partial charge < -0.3 is 10.5 Å². The molecule has 1 fully saturated rings. The van der Waals surface area contributed by atoms with Crippen LogP contribution in [0.25, 0.3) is 0 Å². The topological polar surface area (TPSA) is 56.3 Å². The first-order chi connectivity index (χ1) is 7.25. The van der Waals surface area contributed by atoms with Crippen molar-refractivity contribution in [2.75, 3.05) is 32.8 Å². The lowest BCUT2D eigenvalue weighted by Crippen LogP contribution is -2.40. The number of aromatic nitrogens is 2. The fourth-order valence-electron chi connectivity index (χ4n) is 1.80. The number of aryl methyl sites for hydroxylation is 1. The van der Waals surface area contributed by atoms with Crippen molar-refractivity contribution in [3.05, 3.63) is 18.0 Å². The van der Waals surface area contributed by atoms with Crippen molar-refractivity contribution in [3.8, 4) is 0 Å². The van der Waals surface area contributed by atoms with Gasteiger partial charge in [-0.25, -0.2) is 0 Å². The van der Waals surface area contributed by atoms with Crippen LogP contribution in [0.15, 0.2) is 12.4 Å². The molecule has 1 aromatic rings. The zero-order valence-corrected chi connectivity index (χ0v) is 9.09. The molecule has 15 heavy (non-hydrogen) atoms. The van der Waals surface area contributed by atoms with Crippen LogP contribution in [0.1, 0.15) is 11.6 Å². The predicted molar refractivity (Wildman–Crippen MR) is 57.4 cm³/mol. The second-order valence-corrected chi connectivity index (χ2v) is 3.97. The summed E-state index contributed by atoms with van der Waals surface area (Å²) in [6, 6.07) is 0.0526. The SMILES string of the molecule is Cn1cc([C@@H](N)CN2CCOCC2)cn1. The Morgan fingerprint density at radius 3 is 2.87 bits per heavy atom. The monoisotopic (exact) mass is 210 g/mol. The number of ether oxygens (including phenoxy) is 1. The van der Waals surface area contributed by atoms with Crippen LogP contribution in [-0.4, -0.2) is 47.5 Å². The van der Waals surface area contributed by atoms with Gasteiger partial charge in [-0.05, 0) is 0 Å². The average molecular weight is 210 g/mol. The van der Waals surface area contributed by atoms with E-state index in [0.717, 1.165) is 38.4 Å². The number of nitrogens with zero attached hydrogens (tertiary/aromatic N) is 3. The molecule has 2 rings (SSSR count). The van der Waals surface area contributed by atoms with E-state index in [1.54, 1.807) is 4.68 Å². The molecule has 1 atom stereocenters. The quantitative estimate of drug-likeness (QED) is 0.747. The van der Waals surface area contributed by atoms with Crippen LogP contribution in [0, 0.1) is 0 Å². The molecule has 0 saturated carbocycles. The van der Waals surface area contributed by atoms with Gasteiger partial charge in [-0.3, -0.25) is 9.58 Å². The maximum Gasteiger partial charge on any atom is 0.0594 e. The molecule has 5 heteroatoms. The number of hydrogen-bond donors (Lipinski definition) is 1. The molecule has 0 spiro atoms. The van der Waals surface area contributed by atoms with Gasteiger partial charge in [0, 0.05) is 44.5 Å². The number of hydrogen-bond acceptors (Lipinski definition) is 4. The van der Waals surface area contributed by atoms with Gasteiger partial charge in [0.15, 0.2) is 0 Å². The fourth-order valence-corrected chi connectivity index (χ4v) is 1.80. The van der Waals surface area contributed by atoms with Crippen LogP contribution in [0.3, 0.4) is 0 Å². The summed E-state index contributed by atoms with van der Waals surface area (Å²) in [6.45, 7) is 4.48. The predicted octanol–water partition coefficient (Wildman–Crippen LogP) is -0.248. The van der Waals surface area contributed by atoms with Gasteiger partial charge in [-0.2, -0.15) is 5.10 Å². The molecule has 1 saturated heterocycles. The maximum absolute atomic E-state index is 6.10. The van der Waals surface area contributed by atoms with E-state index in [2.05, 4.69) is 10.00 Å². The molecular formula is C10H18N4O. The van der Waals surface area contributed by atoms with E-state index >= 15 is 0 Å². The summed E-state index contributed by atoms with van der Waals surface area (Å²) in [5.74, 6) is 0. The Kier molecular flexibility index (Phi) is 3.35. The van der Waals surface area contributed by atoms with Crippen molar-refractivity contribution in [2.24, 2.45) is 12.8 Å². The number of morpholine rings is 1. The third-order valence-corrected chi connectivity index (χ3v) is 2.71. The molecule has 0 aromatic carbocycles. The van der Waals surface area contributed by atoms with Gasteiger partial charge in [0.1, 0.15) is 0 Å². The van der Waals surface area contributed by atoms with E-state index in [9.17, 15) is 0 Å². The van der Waals surface area contributed by atoms with Crippen LogP contribution >= 0.6 is 0 Å². The van der Waals surface area contributed by atoms with Crippen LogP contribution in [0.4, 0.5) is 0 Å². The minimum absolute atomic E-state index is 0.0526. The van der Waals surface area contributed by atoms with E-state index < -0.39 is 0 Å². The van der Waals surface area contributed by atoms with Crippen LogP contribution in [-0.2, 0) is 11.8 Å². The highest BCUT2D eigenvalue weighted by Crippen LogP contribution is 2.11. The summed E-state index contributed by atoms with van der Waals surface area (Å²) in [6.07, 6.45) is 3.82. The largest absolute Gasteiger partial charge is 0.379 e. The molecule has 0 bridgehead atoms. The smallest absolute Gasteiger partial charge is 0.0594 e. The Balaban J connectivity index is 1.88. The van der Waals surface area contributed by atoms with E-state index in [-0.39, 0.29) is 6.04 Å². The van der Waals surface area contributed by atoms with Gasteiger partial charge in [0.25, 0.3) is 0 Å². The van der Waals surface area contributed by atoms with Gasteiger partial charge in [-0.1, -0.05) is 0 Å². The molecule has 0 unspecified atom stereocenters. The number of rotatable bonds is 3. The summed E-state index contributed by atoms with van der Waals surface area (Å²) in [7, 11) is 1.91. The standard InChI is InChI=1S/C10H18N4O/c1-13-7-9(6-12-13)10(11)8-14-2-4-15-5-3-14/h6-7,10H,2-5,8,11H2,1H3/t10-/m0/s1. The Bertz CT molecular complexity index is 306. The van der Waals surface area contributed by atoms with Crippen molar-refractivity contribution in [2.45, 2.75) is 6.04 Å². The zero-order valence-electron chi connectivity index (χ0n) is 9.09. The minimum Gasteiger partial charge on any atom is -0.379 e. The average Bonchev–Trinajstić information content (AvgIpc) is 2.66. The molecule has 1 aliphatic rings. The van der Waals surface area contributed by atoms with Gasteiger partial charge in [-0.15, -0.1) is 0 Å². The summed E-state index contributed by atoms with van der Waals surface area (Å²) in [4.78, 5) is 2.33. The highest BCUT2D eigenvalue weighted by Gasteiger charge is 2.15. The Labute approximate surface area is 89.8 Å². The molecule has 5 nitrogen and oxygen atoms in total. The van der Waals surface area contributed by atoms with Crippen molar-refractivity contribution < 1.29 is 4.74 Å². The molecule has 0 aliphatic carbocycles. The van der Waals surface area contributed by atoms with E-state index in [0.29, 0.717) is 0 Å². The second-order valence-electron chi connectivity index (χ2n) is 3.97. The Hall–Kier alpha value is -0.910. The van der Waals surface area contributed by atoms with Crippen LogP contribution in [0.5, 0.6) is 0 Å². The Morgan fingerprint density at radius 2 is 2.27 bits per heavy atom. The van der Waals surface area contributed by atoms with Gasteiger partial charge in [0.05, 0.1) is 19.4 Å². The second kappa shape index (κ2) is 4.74. The first-order valence-electron chi connectivity index (χ1n) is 5.30. The summed E-state index contributed by atoms with van der Waals surface area (Å²) in [5.41, 5.74) is 7.20. The lowest BCUT2D eigenvalue weighted by atomic mass is 10.1. The third kappa shape index (κ3) is 2.77. The third-order valence-electron chi connectivity index (χ3n) is 2.71. The number of nitrogens with two attached hydrogens (primary N) is 1. The summed E-state index contributed by atoms with van der Waals surface area (Å²) in [5, 5.41) is 4.12. The molecular weight excluding hydrogens is 192 g/mol. The maximum atomic E-state index is 6.10. The molecule has 0 radical (unpaired) electrons. The zero-order chi connectivity index (χ0) is 10.7. The van der Waals surface area contributed by atoms with E-state index in [4.69, 9.17) is 10.5 Å². The highest BCUT2D eigenvalue weighted by molar-refractivity contribution is 5.09. The van der Waals surface area contributed by atoms with E-state index in [1.165, 1.54) is 0 Å². The molecule has 84 valence electrons. The molecule has 2 heterocycles. The van der Waals surface area contributed by atoms with Crippen molar-refractivity contribution in [1.29, 1.82) is 0 Å². The molecule has 0 amide bonds. The normalized spacial score (nSPS) is 20.4. The first kappa shape index (κ1) is 10.6. The first-order valence-corrected chi connectivity index (χ1v) is 5.30. The van der Waals surface area contributed by atoms with Crippen molar-refractivity contribution in [1.82, 2.24) is 14.7 Å². The van der Waals surface area contributed by atoms with Crippen LogP contribution < -0.4 is 5.73 Å². The van der Waals surface area contributed by atoms with Gasteiger partial charge >= 0.3 is 0 Å². The summed E-state index contributed by atoms with van der Waals surface area (Å²) < 4.78 is 7.08. The van der Waals surface area contributed by atoms with Crippen molar-refractivity contribution in [3.63, 3.8) is 0 Å².